The van der Waals surface area contributed by atoms with E-state index in [2.05, 4.69) is 39.4 Å². The first kappa shape index (κ1) is 21.7. The quantitative estimate of drug-likeness (QED) is 0.591. The Hall–Kier alpha value is -3.10. The van der Waals surface area contributed by atoms with Crippen LogP contribution in [0.4, 0.5) is 20.6 Å². The number of halogens is 2. The number of aromatic nitrogens is 2. The molecule has 172 valence electrons. The third kappa shape index (κ3) is 4.54. The number of hydrogen-bond acceptors (Lipinski definition) is 4. The minimum absolute atomic E-state index is 0.0723. The van der Waals surface area contributed by atoms with Crippen molar-refractivity contribution in [3.8, 4) is 0 Å². The largest absolute Gasteiger partial charge is 0.355 e. The summed E-state index contributed by atoms with van der Waals surface area (Å²) >= 11 is 5.92. The van der Waals surface area contributed by atoms with E-state index in [1.54, 1.807) is 18.3 Å². The van der Waals surface area contributed by atoms with Gasteiger partial charge < -0.3 is 25.0 Å². The molecule has 7 nitrogen and oxygen atoms in total. The number of H-pyrrole nitrogens is 1. The molecule has 1 aromatic carbocycles. The summed E-state index contributed by atoms with van der Waals surface area (Å²) in [7, 11) is 2.09. The summed E-state index contributed by atoms with van der Waals surface area (Å²) in [4.78, 5) is 26.8. The number of nitrogens with one attached hydrogen (secondary N) is 2. The molecule has 0 unspecified atom stereocenters. The summed E-state index contributed by atoms with van der Waals surface area (Å²) in [6.07, 6.45) is 4.62. The van der Waals surface area contributed by atoms with Crippen LogP contribution in [0.1, 0.15) is 12.1 Å². The first-order valence-electron chi connectivity index (χ1n) is 11.1. The van der Waals surface area contributed by atoms with E-state index in [-0.39, 0.29) is 11.1 Å². The molecular weight excluding hydrogens is 443 g/mol. The van der Waals surface area contributed by atoms with Crippen molar-refractivity contribution in [3.63, 3.8) is 0 Å². The maximum atomic E-state index is 13.5. The first-order chi connectivity index (χ1) is 16.0. The monoisotopic (exact) mass is 468 g/mol. The maximum absolute atomic E-state index is 13.5. The number of nitrogens with zero attached hydrogens (tertiary/aromatic N) is 4. The van der Waals surface area contributed by atoms with Crippen LogP contribution in [-0.4, -0.2) is 77.0 Å². The molecule has 2 amide bonds. The van der Waals surface area contributed by atoms with Gasteiger partial charge in [0.1, 0.15) is 11.5 Å². The van der Waals surface area contributed by atoms with Crippen LogP contribution in [0.25, 0.3) is 16.6 Å². The van der Waals surface area contributed by atoms with Crippen molar-refractivity contribution in [2.24, 2.45) is 0 Å². The fourth-order valence-corrected chi connectivity index (χ4v) is 4.50. The van der Waals surface area contributed by atoms with Crippen LogP contribution in [-0.2, 0) is 0 Å². The van der Waals surface area contributed by atoms with Crippen molar-refractivity contribution < 1.29 is 9.18 Å². The number of fused-ring (bicyclic) bond motifs is 1. The second-order valence-electron chi connectivity index (χ2n) is 8.56. The minimum atomic E-state index is -0.449. The predicted molar refractivity (Wildman–Crippen MR) is 129 cm³/mol. The van der Waals surface area contributed by atoms with Crippen LogP contribution in [0.3, 0.4) is 0 Å². The van der Waals surface area contributed by atoms with Crippen molar-refractivity contribution in [1.29, 1.82) is 0 Å². The van der Waals surface area contributed by atoms with Gasteiger partial charge in [0.2, 0.25) is 0 Å². The Morgan fingerprint density at radius 1 is 1.12 bits per heavy atom. The molecule has 3 aromatic rings. The van der Waals surface area contributed by atoms with Gasteiger partial charge in [0, 0.05) is 62.2 Å². The van der Waals surface area contributed by atoms with Gasteiger partial charge in [0.15, 0.2) is 0 Å². The number of likely N-dealkylation sites (N-methyl/N-ethyl adjacent to an activating group) is 1. The molecule has 0 atom stereocenters. The van der Waals surface area contributed by atoms with E-state index in [0.29, 0.717) is 18.8 Å². The number of hydrogen-bond donors (Lipinski definition) is 2. The third-order valence-corrected chi connectivity index (χ3v) is 6.62. The zero-order valence-corrected chi connectivity index (χ0v) is 19.2. The molecule has 0 aliphatic carbocycles. The average molecular weight is 469 g/mol. The van der Waals surface area contributed by atoms with E-state index in [9.17, 15) is 9.18 Å². The van der Waals surface area contributed by atoms with Crippen molar-refractivity contribution in [3.05, 3.63) is 59.1 Å². The smallest absolute Gasteiger partial charge is 0.320 e. The number of pyridine rings is 1. The molecule has 2 aliphatic heterocycles. The zero-order valence-electron chi connectivity index (χ0n) is 18.4. The van der Waals surface area contributed by atoms with E-state index in [1.807, 2.05) is 15.9 Å². The molecule has 2 aromatic heterocycles. The maximum Gasteiger partial charge on any atom is 0.320 e. The number of anilines is 2. The molecule has 0 spiro atoms. The molecule has 33 heavy (non-hydrogen) atoms. The Morgan fingerprint density at radius 2 is 1.94 bits per heavy atom. The lowest BCUT2D eigenvalue weighted by Crippen LogP contribution is -2.52. The summed E-state index contributed by atoms with van der Waals surface area (Å²) in [5.41, 5.74) is 4.49. The number of benzene rings is 1. The molecule has 2 aliphatic rings. The molecule has 5 rings (SSSR count). The van der Waals surface area contributed by atoms with Crippen LogP contribution in [0.15, 0.2) is 42.6 Å². The molecule has 2 N–H and O–H groups in total. The fraction of sp³-hybridized carbons (Fsp3) is 0.333. The van der Waals surface area contributed by atoms with Gasteiger partial charge in [-0.15, -0.1) is 0 Å². The third-order valence-electron chi connectivity index (χ3n) is 6.33. The summed E-state index contributed by atoms with van der Waals surface area (Å²) in [6.45, 7) is 4.70. The van der Waals surface area contributed by atoms with E-state index < -0.39 is 5.82 Å². The molecule has 1 saturated heterocycles. The Balaban J connectivity index is 1.32. The SMILES string of the molecule is CN1CCN(C(=O)N2CC=C(c3cc4c(Nc5ccc(F)c(Cl)c5)ccnc4[nH]3)CC2)CC1. The number of piperazine rings is 1. The molecule has 0 bridgehead atoms. The minimum Gasteiger partial charge on any atom is -0.355 e. The van der Waals surface area contributed by atoms with Gasteiger partial charge in [-0.3, -0.25) is 0 Å². The molecule has 0 radical (unpaired) electrons. The van der Waals surface area contributed by atoms with Crippen LogP contribution in [0.5, 0.6) is 0 Å². The van der Waals surface area contributed by atoms with E-state index in [1.165, 1.54) is 11.6 Å². The highest BCUT2D eigenvalue weighted by molar-refractivity contribution is 6.31. The highest BCUT2D eigenvalue weighted by Gasteiger charge is 2.26. The molecule has 4 heterocycles. The van der Waals surface area contributed by atoms with Gasteiger partial charge in [-0.05, 0) is 49.4 Å². The van der Waals surface area contributed by atoms with E-state index in [0.717, 1.165) is 55.0 Å². The molecule has 0 saturated carbocycles. The van der Waals surface area contributed by atoms with E-state index >= 15 is 0 Å². The molecule has 1 fully saturated rings. The topological polar surface area (TPSA) is 67.5 Å². The van der Waals surface area contributed by atoms with Crippen LogP contribution in [0, 0.1) is 5.82 Å². The van der Waals surface area contributed by atoms with Crippen molar-refractivity contribution >= 4 is 45.6 Å². The van der Waals surface area contributed by atoms with E-state index in [4.69, 9.17) is 11.6 Å². The summed E-state index contributed by atoms with van der Waals surface area (Å²) in [6, 6.07) is 8.63. The van der Waals surface area contributed by atoms with Crippen LogP contribution >= 0.6 is 11.6 Å². The zero-order chi connectivity index (χ0) is 22.9. The predicted octanol–water partition coefficient (Wildman–Crippen LogP) is 4.56. The second kappa shape index (κ2) is 9.03. The lowest BCUT2D eigenvalue weighted by atomic mass is 10.0. The standard InChI is InChI=1S/C24H26ClFN6O/c1-30-10-12-32(13-11-30)24(33)31-8-5-16(6-9-31)22-15-18-21(4-7-27-23(18)29-22)28-17-2-3-20(26)19(25)14-17/h2-5,7,14-15H,6,8-13H2,1H3,(H2,27,28,29). The normalized spacial score (nSPS) is 17.4. The van der Waals surface area contributed by atoms with Crippen molar-refractivity contribution in [1.82, 2.24) is 24.7 Å². The van der Waals surface area contributed by atoms with Gasteiger partial charge in [-0.2, -0.15) is 0 Å². The van der Waals surface area contributed by atoms with Crippen molar-refractivity contribution in [2.75, 3.05) is 51.6 Å². The number of carbonyl (C=O) groups is 1. The highest BCUT2D eigenvalue weighted by atomic mass is 35.5. The number of amides is 2. The number of urea groups is 1. The first-order valence-corrected chi connectivity index (χ1v) is 11.5. The van der Waals surface area contributed by atoms with Gasteiger partial charge >= 0.3 is 6.03 Å². The van der Waals surface area contributed by atoms with Crippen LogP contribution in [0.2, 0.25) is 5.02 Å². The molecular formula is C24H26ClFN6O. The van der Waals surface area contributed by atoms with Crippen molar-refractivity contribution in [2.45, 2.75) is 6.42 Å². The van der Waals surface area contributed by atoms with Gasteiger partial charge in [0.25, 0.3) is 0 Å². The summed E-state index contributed by atoms with van der Waals surface area (Å²) in [5, 5.41) is 4.31. The summed E-state index contributed by atoms with van der Waals surface area (Å²) in [5.74, 6) is -0.449. The summed E-state index contributed by atoms with van der Waals surface area (Å²) < 4.78 is 13.5. The Kier molecular flexibility index (Phi) is 5.95. The Morgan fingerprint density at radius 3 is 2.67 bits per heavy atom. The number of carbonyl (C=O) groups excluding carboxylic acids is 1. The second-order valence-corrected chi connectivity index (χ2v) is 8.96. The van der Waals surface area contributed by atoms with Gasteiger partial charge in [0.05, 0.1) is 10.7 Å². The number of aromatic amines is 1. The number of rotatable bonds is 3. The molecule has 9 heteroatoms. The lowest BCUT2D eigenvalue weighted by molar-refractivity contribution is 0.125. The average Bonchev–Trinajstić information content (AvgIpc) is 3.27. The fourth-order valence-electron chi connectivity index (χ4n) is 4.32. The van der Waals surface area contributed by atoms with Gasteiger partial charge in [-0.25, -0.2) is 14.2 Å². The highest BCUT2D eigenvalue weighted by Crippen LogP contribution is 2.31. The van der Waals surface area contributed by atoms with Crippen LogP contribution < -0.4 is 5.32 Å². The Labute approximate surface area is 196 Å². The lowest BCUT2D eigenvalue weighted by Gasteiger charge is -2.37. The van der Waals surface area contributed by atoms with Gasteiger partial charge in [-0.1, -0.05) is 17.7 Å². The Bertz CT molecular complexity index is 1220.